The monoisotopic (exact) mass is 220 g/mol. The molecule has 0 aromatic heterocycles. The average molecular weight is 220 g/mol. The van der Waals surface area contributed by atoms with Gasteiger partial charge in [-0.3, -0.25) is 4.79 Å². The maximum absolute atomic E-state index is 10.9. The number of amides is 1. The summed E-state index contributed by atoms with van der Waals surface area (Å²) in [4.78, 5) is 10.9. The molecule has 4 nitrogen and oxygen atoms in total. The zero-order valence-electron chi connectivity index (χ0n) is 8.82. The predicted octanol–water partition coefficient (Wildman–Crippen LogP) is 0.0833. The van der Waals surface area contributed by atoms with E-state index in [0.717, 1.165) is 12.2 Å². The Hall–Kier alpha value is -0.260. The Morgan fingerprint density at radius 3 is 2.64 bits per heavy atom. The fourth-order valence-electron chi connectivity index (χ4n) is 0.900. The summed E-state index contributed by atoms with van der Waals surface area (Å²) in [7, 11) is 0. The van der Waals surface area contributed by atoms with Gasteiger partial charge >= 0.3 is 0 Å². The highest BCUT2D eigenvalue weighted by molar-refractivity contribution is 7.99. The van der Waals surface area contributed by atoms with Crippen molar-refractivity contribution in [3.05, 3.63) is 0 Å². The lowest BCUT2D eigenvalue weighted by molar-refractivity contribution is -0.122. The van der Waals surface area contributed by atoms with Crippen molar-refractivity contribution in [2.45, 2.75) is 37.5 Å². The number of thioether (sulfide) groups is 1. The van der Waals surface area contributed by atoms with Gasteiger partial charge in [0.15, 0.2) is 0 Å². The molecule has 5 heteroatoms. The molecule has 0 fully saturated rings. The van der Waals surface area contributed by atoms with Gasteiger partial charge < -0.3 is 16.6 Å². The molecule has 2 atom stereocenters. The Kier molecular flexibility index (Phi) is 6.15. The zero-order chi connectivity index (χ0) is 11.2. The standard InChI is InChI=1S/C9H20N2O2S/c1-7(6-12)14-5-3-4-9(2,11)8(10)13/h7,12H,3-6,11H2,1-2H3,(H2,10,13). The molecule has 5 N–H and O–H groups in total. The van der Waals surface area contributed by atoms with Gasteiger partial charge in [0.05, 0.1) is 12.1 Å². The summed E-state index contributed by atoms with van der Waals surface area (Å²) in [6, 6.07) is 0. The first kappa shape index (κ1) is 13.7. The van der Waals surface area contributed by atoms with Crippen LogP contribution >= 0.6 is 11.8 Å². The lowest BCUT2D eigenvalue weighted by atomic mass is 9.97. The maximum Gasteiger partial charge on any atom is 0.237 e. The first-order chi connectivity index (χ1) is 6.40. The molecule has 0 aliphatic rings. The van der Waals surface area contributed by atoms with Crippen LogP contribution in [0.2, 0.25) is 0 Å². The molecule has 1 amide bonds. The lowest BCUT2D eigenvalue weighted by Crippen LogP contribution is -2.49. The van der Waals surface area contributed by atoms with Crippen molar-refractivity contribution in [3.63, 3.8) is 0 Å². The van der Waals surface area contributed by atoms with Gasteiger partial charge in [0, 0.05) is 5.25 Å². The summed E-state index contributed by atoms with van der Waals surface area (Å²) in [5, 5.41) is 9.01. The van der Waals surface area contributed by atoms with Crippen molar-refractivity contribution in [2.75, 3.05) is 12.4 Å². The van der Waals surface area contributed by atoms with E-state index in [1.165, 1.54) is 0 Å². The van der Waals surface area contributed by atoms with E-state index in [2.05, 4.69) is 0 Å². The van der Waals surface area contributed by atoms with Crippen LogP contribution in [0, 0.1) is 0 Å². The number of rotatable bonds is 7. The Balaban J connectivity index is 3.59. The molecule has 0 aromatic carbocycles. The number of hydrogen-bond acceptors (Lipinski definition) is 4. The molecule has 0 bridgehead atoms. The molecular weight excluding hydrogens is 200 g/mol. The molecular formula is C9H20N2O2S. The van der Waals surface area contributed by atoms with Crippen molar-refractivity contribution >= 4 is 17.7 Å². The second-order valence-electron chi connectivity index (χ2n) is 3.75. The first-order valence-electron chi connectivity index (χ1n) is 4.71. The smallest absolute Gasteiger partial charge is 0.237 e. The molecule has 0 heterocycles. The van der Waals surface area contributed by atoms with E-state index < -0.39 is 11.4 Å². The summed E-state index contributed by atoms with van der Waals surface area (Å²) in [5.41, 5.74) is 9.90. The Morgan fingerprint density at radius 2 is 2.21 bits per heavy atom. The van der Waals surface area contributed by atoms with Crippen LogP contribution in [0.4, 0.5) is 0 Å². The summed E-state index contributed by atoms with van der Waals surface area (Å²) in [6.07, 6.45) is 1.43. The van der Waals surface area contributed by atoms with Gasteiger partial charge in [-0.25, -0.2) is 0 Å². The van der Waals surface area contributed by atoms with Crippen LogP contribution in [0.5, 0.6) is 0 Å². The topological polar surface area (TPSA) is 89.3 Å². The lowest BCUT2D eigenvalue weighted by Gasteiger charge is -2.20. The highest BCUT2D eigenvalue weighted by Crippen LogP contribution is 2.15. The van der Waals surface area contributed by atoms with Crippen LogP contribution in [-0.4, -0.2) is 34.2 Å². The minimum absolute atomic E-state index is 0.181. The summed E-state index contributed by atoms with van der Waals surface area (Å²) < 4.78 is 0. The molecule has 0 aliphatic carbocycles. The minimum Gasteiger partial charge on any atom is -0.395 e. The fourth-order valence-corrected chi connectivity index (χ4v) is 1.72. The zero-order valence-corrected chi connectivity index (χ0v) is 9.64. The maximum atomic E-state index is 10.9. The van der Waals surface area contributed by atoms with Crippen molar-refractivity contribution in [1.29, 1.82) is 0 Å². The van der Waals surface area contributed by atoms with Gasteiger partial charge in [0.1, 0.15) is 0 Å². The van der Waals surface area contributed by atoms with E-state index >= 15 is 0 Å². The van der Waals surface area contributed by atoms with Crippen molar-refractivity contribution in [2.24, 2.45) is 11.5 Å². The quantitative estimate of drug-likeness (QED) is 0.530. The molecule has 84 valence electrons. The van der Waals surface area contributed by atoms with Crippen molar-refractivity contribution in [1.82, 2.24) is 0 Å². The Labute approximate surface area is 89.4 Å². The molecule has 14 heavy (non-hydrogen) atoms. The summed E-state index contributed by atoms with van der Waals surface area (Å²) >= 11 is 1.67. The normalized spacial score (nSPS) is 17.4. The number of nitrogens with two attached hydrogens (primary N) is 2. The van der Waals surface area contributed by atoms with Gasteiger partial charge in [-0.05, 0) is 25.5 Å². The van der Waals surface area contributed by atoms with Gasteiger partial charge in [-0.15, -0.1) is 0 Å². The highest BCUT2D eigenvalue weighted by atomic mass is 32.2. The van der Waals surface area contributed by atoms with Crippen LogP contribution in [-0.2, 0) is 4.79 Å². The summed E-state index contributed by atoms with van der Waals surface area (Å²) in [5.74, 6) is 0.430. The van der Waals surface area contributed by atoms with E-state index in [-0.39, 0.29) is 11.9 Å². The number of carbonyl (C=O) groups is 1. The Bertz CT molecular complexity index is 186. The van der Waals surface area contributed by atoms with Gasteiger partial charge in [0.25, 0.3) is 0 Å². The van der Waals surface area contributed by atoms with Crippen molar-refractivity contribution < 1.29 is 9.90 Å². The van der Waals surface area contributed by atoms with Gasteiger partial charge in [-0.2, -0.15) is 11.8 Å². The number of hydrogen-bond donors (Lipinski definition) is 3. The number of carbonyl (C=O) groups excluding carboxylic acids is 1. The molecule has 2 unspecified atom stereocenters. The molecule has 0 saturated heterocycles. The second-order valence-corrected chi connectivity index (χ2v) is 5.30. The Morgan fingerprint density at radius 1 is 1.64 bits per heavy atom. The van der Waals surface area contributed by atoms with E-state index in [0.29, 0.717) is 6.42 Å². The third-order valence-electron chi connectivity index (χ3n) is 2.06. The highest BCUT2D eigenvalue weighted by Gasteiger charge is 2.24. The third-order valence-corrected chi connectivity index (χ3v) is 3.31. The van der Waals surface area contributed by atoms with Crippen LogP contribution in [0.25, 0.3) is 0 Å². The van der Waals surface area contributed by atoms with E-state index in [1.54, 1.807) is 18.7 Å². The second kappa shape index (κ2) is 6.27. The van der Waals surface area contributed by atoms with Gasteiger partial charge in [0.2, 0.25) is 5.91 Å². The predicted molar refractivity (Wildman–Crippen MR) is 60.0 cm³/mol. The molecule has 0 rings (SSSR count). The van der Waals surface area contributed by atoms with Gasteiger partial charge in [-0.1, -0.05) is 6.92 Å². The average Bonchev–Trinajstić information content (AvgIpc) is 2.11. The molecule has 0 aliphatic heterocycles. The van der Waals surface area contributed by atoms with Crippen LogP contribution < -0.4 is 11.5 Å². The SMILES string of the molecule is CC(CO)SCCCC(C)(N)C(N)=O. The minimum atomic E-state index is -0.900. The number of aliphatic hydroxyl groups is 1. The summed E-state index contributed by atoms with van der Waals surface area (Å²) in [6.45, 7) is 3.79. The third kappa shape index (κ3) is 5.47. The number of aliphatic hydroxyl groups excluding tert-OH is 1. The number of primary amides is 1. The largest absolute Gasteiger partial charge is 0.395 e. The first-order valence-corrected chi connectivity index (χ1v) is 5.76. The van der Waals surface area contributed by atoms with Crippen LogP contribution in [0.3, 0.4) is 0 Å². The molecule has 0 radical (unpaired) electrons. The van der Waals surface area contributed by atoms with E-state index in [1.807, 2.05) is 6.92 Å². The molecule has 0 saturated carbocycles. The van der Waals surface area contributed by atoms with E-state index in [9.17, 15) is 4.79 Å². The fraction of sp³-hybridized carbons (Fsp3) is 0.889. The molecule has 0 spiro atoms. The van der Waals surface area contributed by atoms with E-state index in [4.69, 9.17) is 16.6 Å². The van der Waals surface area contributed by atoms with Crippen LogP contribution in [0.15, 0.2) is 0 Å². The molecule has 0 aromatic rings. The van der Waals surface area contributed by atoms with Crippen LogP contribution in [0.1, 0.15) is 26.7 Å². The van der Waals surface area contributed by atoms with Crippen molar-refractivity contribution in [3.8, 4) is 0 Å².